The van der Waals surface area contributed by atoms with Gasteiger partial charge in [0, 0.05) is 5.92 Å². The number of alkyl carbamates (subject to hydrolysis) is 1. The minimum absolute atomic E-state index is 0.0229. The molecule has 2 aromatic rings. The van der Waals surface area contributed by atoms with Gasteiger partial charge in [-0.1, -0.05) is 62.4 Å². The molecule has 5 heteroatoms. The van der Waals surface area contributed by atoms with Crippen molar-refractivity contribution in [2.45, 2.75) is 25.9 Å². The Balaban J connectivity index is 1.71. The summed E-state index contributed by atoms with van der Waals surface area (Å²) in [5.74, 6) is 0.0837. The van der Waals surface area contributed by atoms with Crippen molar-refractivity contribution >= 4 is 12.5 Å². The molecule has 0 aromatic heterocycles. The Morgan fingerprint density at radius 1 is 1.08 bits per heavy atom. The van der Waals surface area contributed by atoms with E-state index in [-0.39, 0.29) is 18.4 Å². The lowest BCUT2D eigenvalue weighted by Crippen LogP contribution is -2.48. The number of nitrogens with one attached hydrogen (secondary N) is 2. The number of amides is 2. The van der Waals surface area contributed by atoms with E-state index in [0.717, 1.165) is 0 Å². The molecule has 2 aromatic carbocycles. The molecule has 0 bridgehead atoms. The van der Waals surface area contributed by atoms with Crippen molar-refractivity contribution in [2.75, 3.05) is 6.61 Å². The highest BCUT2D eigenvalue weighted by Gasteiger charge is 2.29. The zero-order valence-electron chi connectivity index (χ0n) is 14.4. The van der Waals surface area contributed by atoms with Gasteiger partial charge in [-0.15, -0.1) is 0 Å². The largest absolute Gasteiger partial charge is 0.449 e. The van der Waals surface area contributed by atoms with Crippen LogP contribution in [0, 0.1) is 5.92 Å². The summed E-state index contributed by atoms with van der Waals surface area (Å²) >= 11 is 0. The van der Waals surface area contributed by atoms with Gasteiger partial charge in [0.05, 0.1) is 0 Å². The molecule has 0 fully saturated rings. The Kier molecular flexibility index (Phi) is 5.03. The summed E-state index contributed by atoms with van der Waals surface area (Å²) in [6.45, 7) is 4.07. The van der Waals surface area contributed by atoms with Crippen LogP contribution in [0.1, 0.15) is 30.9 Å². The first-order chi connectivity index (χ1) is 12.1. The molecule has 130 valence electrons. The summed E-state index contributed by atoms with van der Waals surface area (Å²) in [4.78, 5) is 22.8. The number of ether oxygens (including phenoxy) is 1. The first-order valence-corrected chi connectivity index (χ1v) is 8.43. The molecule has 0 saturated carbocycles. The Morgan fingerprint density at radius 2 is 1.64 bits per heavy atom. The van der Waals surface area contributed by atoms with Crippen LogP contribution in [0.25, 0.3) is 11.1 Å². The standard InChI is InChI=1S/C20H22N2O3/c1-13(2)19(21-12-23)22-20(24)25-11-18-16-9-5-3-7-14(16)15-8-4-6-10-17(15)18/h3-10,12-13,18-19H,11H2,1-2H3,(H,21,23)(H,22,24)/t19-/m0/s1. The van der Waals surface area contributed by atoms with E-state index in [4.69, 9.17) is 4.74 Å². The molecule has 0 unspecified atom stereocenters. The molecule has 0 heterocycles. The molecule has 0 saturated heterocycles. The van der Waals surface area contributed by atoms with Crippen LogP contribution < -0.4 is 10.6 Å². The van der Waals surface area contributed by atoms with Crippen LogP contribution >= 0.6 is 0 Å². The number of benzene rings is 2. The van der Waals surface area contributed by atoms with Crippen LogP contribution in [0.4, 0.5) is 4.79 Å². The first kappa shape index (κ1) is 17.0. The third kappa shape index (κ3) is 3.50. The van der Waals surface area contributed by atoms with E-state index < -0.39 is 12.3 Å². The van der Waals surface area contributed by atoms with Gasteiger partial charge in [-0.25, -0.2) is 4.79 Å². The number of hydrogen-bond acceptors (Lipinski definition) is 3. The van der Waals surface area contributed by atoms with Gasteiger partial charge in [0.2, 0.25) is 6.41 Å². The van der Waals surface area contributed by atoms with Crippen LogP contribution in [0.5, 0.6) is 0 Å². The van der Waals surface area contributed by atoms with Crippen LogP contribution in [0.2, 0.25) is 0 Å². The van der Waals surface area contributed by atoms with Crippen molar-refractivity contribution < 1.29 is 14.3 Å². The predicted molar refractivity (Wildman–Crippen MR) is 96.0 cm³/mol. The average Bonchev–Trinajstić information content (AvgIpc) is 2.93. The second-order valence-corrected chi connectivity index (χ2v) is 6.48. The first-order valence-electron chi connectivity index (χ1n) is 8.43. The topological polar surface area (TPSA) is 67.4 Å². The fourth-order valence-electron chi connectivity index (χ4n) is 3.24. The summed E-state index contributed by atoms with van der Waals surface area (Å²) in [5.41, 5.74) is 4.72. The van der Waals surface area contributed by atoms with E-state index in [9.17, 15) is 9.59 Å². The van der Waals surface area contributed by atoms with Gasteiger partial charge in [-0.2, -0.15) is 0 Å². The highest BCUT2D eigenvalue weighted by atomic mass is 16.5. The second-order valence-electron chi connectivity index (χ2n) is 6.48. The van der Waals surface area contributed by atoms with E-state index in [2.05, 4.69) is 34.9 Å². The summed E-state index contributed by atoms with van der Waals surface area (Å²) in [6, 6.07) is 16.4. The minimum atomic E-state index is -0.532. The summed E-state index contributed by atoms with van der Waals surface area (Å²) in [7, 11) is 0. The van der Waals surface area contributed by atoms with Crippen LogP contribution in [0.3, 0.4) is 0 Å². The molecule has 25 heavy (non-hydrogen) atoms. The second kappa shape index (κ2) is 7.38. The lowest BCUT2D eigenvalue weighted by atomic mass is 9.98. The summed E-state index contributed by atoms with van der Waals surface area (Å²) in [5, 5.41) is 5.27. The Labute approximate surface area is 147 Å². The summed E-state index contributed by atoms with van der Waals surface area (Å²) < 4.78 is 5.46. The quantitative estimate of drug-likeness (QED) is 0.627. The van der Waals surface area contributed by atoms with E-state index >= 15 is 0 Å². The Morgan fingerprint density at radius 3 is 2.16 bits per heavy atom. The molecule has 1 aliphatic carbocycles. The van der Waals surface area contributed by atoms with Gasteiger partial charge in [0.15, 0.2) is 0 Å². The van der Waals surface area contributed by atoms with E-state index in [1.54, 1.807) is 0 Å². The van der Waals surface area contributed by atoms with Crippen molar-refractivity contribution in [3.63, 3.8) is 0 Å². The third-order valence-electron chi connectivity index (χ3n) is 4.53. The molecule has 0 radical (unpaired) electrons. The molecule has 0 aliphatic heterocycles. The molecule has 1 aliphatic rings. The van der Waals surface area contributed by atoms with E-state index in [1.807, 2.05) is 38.1 Å². The molecule has 1 atom stereocenters. The van der Waals surface area contributed by atoms with Crippen LogP contribution in [-0.4, -0.2) is 25.3 Å². The maximum Gasteiger partial charge on any atom is 0.408 e. The van der Waals surface area contributed by atoms with Crippen molar-refractivity contribution in [3.05, 3.63) is 59.7 Å². The van der Waals surface area contributed by atoms with Crippen molar-refractivity contribution in [1.29, 1.82) is 0 Å². The maximum absolute atomic E-state index is 12.1. The third-order valence-corrected chi connectivity index (χ3v) is 4.53. The van der Waals surface area contributed by atoms with Gasteiger partial charge in [-0.05, 0) is 28.2 Å². The van der Waals surface area contributed by atoms with Gasteiger partial charge in [0.25, 0.3) is 0 Å². The smallest absolute Gasteiger partial charge is 0.408 e. The average molecular weight is 338 g/mol. The normalized spacial score (nSPS) is 13.7. The fraction of sp³-hybridized carbons (Fsp3) is 0.300. The van der Waals surface area contributed by atoms with Crippen LogP contribution in [-0.2, 0) is 9.53 Å². The number of hydrogen-bond donors (Lipinski definition) is 2. The molecule has 2 amide bonds. The van der Waals surface area contributed by atoms with Crippen molar-refractivity contribution in [2.24, 2.45) is 5.92 Å². The maximum atomic E-state index is 12.1. The highest BCUT2D eigenvalue weighted by Crippen LogP contribution is 2.44. The molecule has 5 nitrogen and oxygen atoms in total. The number of rotatable bonds is 6. The van der Waals surface area contributed by atoms with Crippen LogP contribution in [0.15, 0.2) is 48.5 Å². The lowest BCUT2D eigenvalue weighted by Gasteiger charge is -2.22. The Hall–Kier alpha value is -2.82. The monoisotopic (exact) mass is 338 g/mol. The molecule has 2 N–H and O–H groups in total. The molecular formula is C20H22N2O3. The lowest BCUT2D eigenvalue weighted by molar-refractivity contribution is -0.110. The highest BCUT2D eigenvalue weighted by molar-refractivity contribution is 5.79. The van der Waals surface area contributed by atoms with Gasteiger partial charge in [-0.3, -0.25) is 4.79 Å². The van der Waals surface area contributed by atoms with Crippen molar-refractivity contribution in [3.8, 4) is 11.1 Å². The Bertz CT molecular complexity index is 728. The van der Waals surface area contributed by atoms with Gasteiger partial charge < -0.3 is 15.4 Å². The SMILES string of the molecule is CC(C)[C@@H](NC=O)NC(=O)OCC1c2ccccc2-c2ccccc21. The number of carbonyl (C=O) groups excluding carboxylic acids is 2. The molecule has 3 rings (SSSR count). The zero-order chi connectivity index (χ0) is 17.8. The number of carbonyl (C=O) groups is 2. The molecule has 0 spiro atoms. The van der Waals surface area contributed by atoms with Gasteiger partial charge in [0.1, 0.15) is 12.8 Å². The zero-order valence-corrected chi connectivity index (χ0v) is 14.4. The minimum Gasteiger partial charge on any atom is -0.449 e. The molecular weight excluding hydrogens is 316 g/mol. The van der Waals surface area contributed by atoms with Crippen molar-refractivity contribution in [1.82, 2.24) is 10.6 Å². The van der Waals surface area contributed by atoms with Gasteiger partial charge >= 0.3 is 6.09 Å². The predicted octanol–water partition coefficient (Wildman–Crippen LogP) is 3.25. The van der Waals surface area contributed by atoms with E-state index in [1.165, 1.54) is 22.3 Å². The fourth-order valence-corrected chi connectivity index (χ4v) is 3.24. The number of fused-ring (bicyclic) bond motifs is 3. The summed E-state index contributed by atoms with van der Waals surface area (Å²) in [6.07, 6.45) is -0.405. The van der Waals surface area contributed by atoms with E-state index in [0.29, 0.717) is 6.41 Å².